The molecule has 11 heteroatoms. The Morgan fingerprint density at radius 1 is 1.21 bits per heavy atom. The zero-order valence-corrected chi connectivity index (χ0v) is 18.5. The Labute approximate surface area is 191 Å². The summed E-state index contributed by atoms with van der Waals surface area (Å²) in [6.45, 7) is 1.71. The molecule has 1 amide bonds. The Kier molecular flexibility index (Phi) is 7.46. The molecule has 0 saturated heterocycles. The fraction of sp³-hybridized carbons (Fsp3) is 0.182. The molecule has 0 spiro atoms. The molecule has 0 aliphatic heterocycles. The molecule has 0 atom stereocenters. The van der Waals surface area contributed by atoms with Crippen molar-refractivity contribution >= 4 is 51.2 Å². The third-order valence-electron chi connectivity index (χ3n) is 4.40. The van der Waals surface area contributed by atoms with Crippen LogP contribution in [0.4, 0.5) is 5.69 Å². The van der Waals surface area contributed by atoms with Crippen molar-refractivity contribution in [3.63, 3.8) is 0 Å². The van der Waals surface area contributed by atoms with Gasteiger partial charge in [0, 0.05) is 18.2 Å². The van der Waals surface area contributed by atoms with Gasteiger partial charge in [-0.15, -0.1) is 0 Å². The molecule has 0 aliphatic rings. The molecule has 10 nitrogen and oxygen atoms in total. The number of carbonyl (C=O) groups is 3. The number of hydrogen-bond acceptors (Lipinski definition) is 8. The largest absolute Gasteiger partial charge is 0.465 e. The lowest BCUT2D eigenvalue weighted by Gasteiger charge is -2.05. The topological polar surface area (TPSA) is 130 Å². The molecule has 0 aliphatic carbocycles. The first-order valence-corrected chi connectivity index (χ1v) is 10.5. The van der Waals surface area contributed by atoms with Crippen LogP contribution in [0.1, 0.15) is 22.8 Å². The van der Waals surface area contributed by atoms with Gasteiger partial charge in [-0.3, -0.25) is 19.7 Å². The molecule has 0 unspecified atom stereocenters. The van der Waals surface area contributed by atoms with Crippen LogP contribution in [0.3, 0.4) is 0 Å². The quantitative estimate of drug-likeness (QED) is 0.225. The number of benzene rings is 2. The van der Waals surface area contributed by atoms with Crippen molar-refractivity contribution in [2.45, 2.75) is 13.5 Å². The van der Waals surface area contributed by atoms with E-state index in [0.717, 1.165) is 11.3 Å². The average molecular weight is 469 g/mol. The summed E-state index contributed by atoms with van der Waals surface area (Å²) >= 11 is 1.12. The molecule has 0 saturated carbocycles. The number of nitro groups is 1. The second-order valence-electron chi connectivity index (χ2n) is 6.59. The number of rotatable bonds is 7. The summed E-state index contributed by atoms with van der Waals surface area (Å²) in [5.74, 6) is -1.65. The van der Waals surface area contributed by atoms with Crippen molar-refractivity contribution in [3.05, 3.63) is 74.6 Å². The number of non-ortho nitro benzene ring substituents is 1. The molecule has 3 aromatic rings. The summed E-state index contributed by atoms with van der Waals surface area (Å²) in [4.78, 5) is 51.1. The molecular formula is C22H19N3O7S. The highest BCUT2D eigenvalue weighted by molar-refractivity contribution is 7.16. The molecule has 2 aromatic carbocycles. The summed E-state index contributed by atoms with van der Waals surface area (Å²) in [6, 6.07) is 10.6. The zero-order valence-electron chi connectivity index (χ0n) is 17.7. The first-order valence-electron chi connectivity index (χ1n) is 9.71. The molecule has 1 heterocycles. The van der Waals surface area contributed by atoms with E-state index in [1.54, 1.807) is 31.2 Å². The summed E-state index contributed by atoms with van der Waals surface area (Å²) in [7, 11) is 1.27. The molecule has 170 valence electrons. The van der Waals surface area contributed by atoms with E-state index in [2.05, 4.69) is 4.99 Å². The maximum Gasteiger partial charge on any atom is 0.337 e. The second kappa shape index (κ2) is 10.5. The Bertz CT molecular complexity index is 1340. The molecule has 3 rings (SSSR count). The number of methoxy groups -OCH3 is 1. The highest BCUT2D eigenvalue weighted by Crippen LogP contribution is 2.20. The third kappa shape index (κ3) is 5.77. The number of nitro benzene ring substituents is 1. The van der Waals surface area contributed by atoms with Gasteiger partial charge in [-0.25, -0.2) is 4.79 Å². The van der Waals surface area contributed by atoms with Crippen molar-refractivity contribution in [2.24, 2.45) is 4.99 Å². The van der Waals surface area contributed by atoms with E-state index < -0.39 is 22.8 Å². The lowest BCUT2D eigenvalue weighted by Crippen LogP contribution is -2.22. The maximum atomic E-state index is 12.5. The minimum atomic E-state index is -0.626. The van der Waals surface area contributed by atoms with Crippen molar-refractivity contribution in [3.8, 4) is 0 Å². The van der Waals surface area contributed by atoms with E-state index >= 15 is 0 Å². The van der Waals surface area contributed by atoms with Crippen LogP contribution >= 0.6 is 11.3 Å². The fourth-order valence-electron chi connectivity index (χ4n) is 2.93. The monoisotopic (exact) mass is 469 g/mol. The second-order valence-corrected chi connectivity index (χ2v) is 7.59. The van der Waals surface area contributed by atoms with Gasteiger partial charge in [0.1, 0.15) is 6.54 Å². The van der Waals surface area contributed by atoms with Gasteiger partial charge in [0.25, 0.3) is 11.6 Å². The van der Waals surface area contributed by atoms with Gasteiger partial charge >= 0.3 is 11.9 Å². The van der Waals surface area contributed by atoms with Gasteiger partial charge in [0.2, 0.25) is 0 Å². The molecule has 33 heavy (non-hydrogen) atoms. The minimum Gasteiger partial charge on any atom is -0.465 e. The molecule has 0 radical (unpaired) electrons. The van der Waals surface area contributed by atoms with E-state index in [1.807, 2.05) is 0 Å². The number of nitrogens with zero attached hydrogens (tertiary/aromatic N) is 3. The number of aromatic nitrogens is 1. The van der Waals surface area contributed by atoms with Gasteiger partial charge < -0.3 is 14.0 Å². The Balaban J connectivity index is 2.00. The number of thiazole rings is 1. The number of carbonyl (C=O) groups excluding carboxylic acids is 3. The highest BCUT2D eigenvalue weighted by Gasteiger charge is 2.14. The number of ether oxygens (including phenoxy) is 2. The van der Waals surface area contributed by atoms with E-state index in [1.165, 1.54) is 42.0 Å². The van der Waals surface area contributed by atoms with Crippen LogP contribution in [-0.4, -0.2) is 41.1 Å². The lowest BCUT2D eigenvalue weighted by molar-refractivity contribution is -0.384. The van der Waals surface area contributed by atoms with Gasteiger partial charge in [-0.2, -0.15) is 4.99 Å². The van der Waals surface area contributed by atoms with Crippen LogP contribution in [0.2, 0.25) is 0 Å². The normalized spacial score (nSPS) is 11.6. The van der Waals surface area contributed by atoms with E-state index in [9.17, 15) is 24.5 Å². The van der Waals surface area contributed by atoms with Crippen molar-refractivity contribution in [1.82, 2.24) is 4.57 Å². The smallest absolute Gasteiger partial charge is 0.337 e. The van der Waals surface area contributed by atoms with E-state index in [-0.39, 0.29) is 23.6 Å². The number of hydrogen-bond donors (Lipinski definition) is 0. The Morgan fingerprint density at radius 2 is 2.00 bits per heavy atom. The van der Waals surface area contributed by atoms with Crippen LogP contribution in [0.15, 0.2) is 53.5 Å². The minimum absolute atomic E-state index is 0.0975. The van der Waals surface area contributed by atoms with Gasteiger partial charge in [-0.05, 0) is 36.8 Å². The van der Waals surface area contributed by atoms with Gasteiger partial charge in [0.15, 0.2) is 4.80 Å². The molecule has 0 bridgehead atoms. The first-order chi connectivity index (χ1) is 15.8. The summed E-state index contributed by atoms with van der Waals surface area (Å²) in [6.07, 6.45) is 2.59. The van der Waals surface area contributed by atoms with Crippen LogP contribution in [0.5, 0.6) is 0 Å². The first kappa shape index (κ1) is 23.5. The van der Waals surface area contributed by atoms with Crippen molar-refractivity contribution in [2.75, 3.05) is 13.7 Å². The number of amides is 1. The average Bonchev–Trinajstić information content (AvgIpc) is 3.13. The van der Waals surface area contributed by atoms with Gasteiger partial charge in [0.05, 0.1) is 34.4 Å². The SMILES string of the molecule is CCOC(=O)Cn1c(=NC(=O)C=Cc2cccc([N+](=O)[O-])c2)sc2cc(C(=O)OC)ccc21. The predicted molar refractivity (Wildman–Crippen MR) is 120 cm³/mol. The van der Waals surface area contributed by atoms with Crippen LogP contribution < -0.4 is 4.80 Å². The predicted octanol–water partition coefficient (Wildman–Crippen LogP) is 3.10. The van der Waals surface area contributed by atoms with E-state index in [4.69, 9.17) is 9.47 Å². The third-order valence-corrected chi connectivity index (χ3v) is 5.44. The Hall–Kier alpha value is -4.12. The van der Waals surface area contributed by atoms with Gasteiger partial charge in [-0.1, -0.05) is 23.5 Å². The summed E-state index contributed by atoms with van der Waals surface area (Å²) in [5.41, 5.74) is 1.28. The fourth-order valence-corrected chi connectivity index (χ4v) is 4.01. The van der Waals surface area contributed by atoms with Crippen molar-refractivity contribution < 1.29 is 28.8 Å². The maximum absolute atomic E-state index is 12.5. The van der Waals surface area contributed by atoms with Crippen LogP contribution in [-0.2, 0) is 25.6 Å². The molecule has 0 N–H and O–H groups in total. The molecular weight excluding hydrogens is 450 g/mol. The van der Waals surface area contributed by atoms with E-state index in [0.29, 0.717) is 21.3 Å². The van der Waals surface area contributed by atoms with Crippen LogP contribution in [0, 0.1) is 10.1 Å². The van der Waals surface area contributed by atoms with Crippen LogP contribution in [0.25, 0.3) is 16.3 Å². The van der Waals surface area contributed by atoms with Crippen molar-refractivity contribution in [1.29, 1.82) is 0 Å². The highest BCUT2D eigenvalue weighted by atomic mass is 32.1. The number of fused-ring (bicyclic) bond motifs is 1. The Morgan fingerprint density at radius 3 is 2.70 bits per heavy atom. The summed E-state index contributed by atoms with van der Waals surface area (Å²) in [5, 5.41) is 10.9. The molecule has 1 aromatic heterocycles. The zero-order chi connectivity index (χ0) is 24.0. The standard InChI is InChI=1S/C22H19N3O7S/c1-3-32-20(27)13-24-17-9-8-15(21(28)31-2)12-18(17)33-22(24)23-19(26)10-7-14-5-4-6-16(11-14)25(29)30/h4-12H,3,13H2,1-2H3. The number of esters is 2. The molecule has 0 fully saturated rings. The lowest BCUT2D eigenvalue weighted by atomic mass is 10.2. The summed E-state index contributed by atoms with van der Waals surface area (Å²) < 4.78 is 11.9.